The van der Waals surface area contributed by atoms with Gasteiger partial charge >= 0.3 is 0 Å². The van der Waals surface area contributed by atoms with E-state index in [2.05, 4.69) is 9.97 Å². The number of aromatic nitrogens is 2. The molecular formula is C15H14N2OS. The Morgan fingerprint density at radius 2 is 1.95 bits per heavy atom. The summed E-state index contributed by atoms with van der Waals surface area (Å²) in [5.74, 6) is 0.727. The number of thiophene rings is 1. The zero-order valence-electron chi connectivity index (χ0n) is 10.9. The van der Waals surface area contributed by atoms with Crippen molar-refractivity contribution in [1.82, 2.24) is 9.97 Å². The van der Waals surface area contributed by atoms with Crippen LogP contribution in [0.15, 0.2) is 35.1 Å². The summed E-state index contributed by atoms with van der Waals surface area (Å²) in [5, 5.41) is 0.735. The summed E-state index contributed by atoms with van der Waals surface area (Å²) in [7, 11) is 0. The van der Waals surface area contributed by atoms with E-state index in [1.807, 2.05) is 44.2 Å². The molecule has 0 unspecified atom stereocenters. The third-order valence-corrected chi connectivity index (χ3v) is 4.40. The monoisotopic (exact) mass is 270 g/mol. The fourth-order valence-corrected chi connectivity index (χ4v) is 3.22. The van der Waals surface area contributed by atoms with Crippen molar-refractivity contribution >= 4 is 21.6 Å². The number of fused-ring (bicyclic) bond motifs is 1. The van der Waals surface area contributed by atoms with E-state index in [0.717, 1.165) is 32.0 Å². The van der Waals surface area contributed by atoms with Gasteiger partial charge in [-0.3, -0.25) is 4.79 Å². The number of hydrogen-bond acceptors (Lipinski definition) is 3. The zero-order chi connectivity index (χ0) is 13.4. The zero-order valence-corrected chi connectivity index (χ0v) is 11.7. The number of hydrogen-bond donors (Lipinski definition) is 1. The average molecular weight is 270 g/mol. The Morgan fingerprint density at radius 3 is 2.68 bits per heavy atom. The number of benzene rings is 1. The highest BCUT2D eigenvalue weighted by molar-refractivity contribution is 7.18. The molecule has 2 aromatic heterocycles. The van der Waals surface area contributed by atoms with E-state index >= 15 is 0 Å². The van der Waals surface area contributed by atoms with Crippen LogP contribution in [0.2, 0.25) is 0 Å². The SMILES string of the molecule is Cc1sc2nc(Cc3ccccc3)[nH]c(=O)c2c1C. The average Bonchev–Trinajstić information content (AvgIpc) is 2.66. The standard InChI is InChI=1S/C15H14N2OS/c1-9-10(2)19-15-13(9)14(18)16-12(17-15)8-11-6-4-3-5-7-11/h3-7H,8H2,1-2H3,(H,16,17,18). The van der Waals surface area contributed by atoms with Crippen molar-refractivity contribution in [1.29, 1.82) is 0 Å². The van der Waals surface area contributed by atoms with Gasteiger partial charge in [0.05, 0.1) is 5.39 Å². The van der Waals surface area contributed by atoms with Gasteiger partial charge in [-0.2, -0.15) is 0 Å². The Hall–Kier alpha value is -1.94. The minimum atomic E-state index is -0.0298. The topological polar surface area (TPSA) is 45.8 Å². The Kier molecular flexibility index (Phi) is 2.95. The van der Waals surface area contributed by atoms with Crippen LogP contribution in [0.1, 0.15) is 21.8 Å². The smallest absolute Gasteiger partial charge is 0.259 e. The lowest BCUT2D eigenvalue weighted by molar-refractivity contribution is 0.976. The lowest BCUT2D eigenvalue weighted by Crippen LogP contribution is -2.11. The summed E-state index contributed by atoms with van der Waals surface area (Å²) in [6.45, 7) is 4.00. The maximum atomic E-state index is 12.1. The van der Waals surface area contributed by atoms with E-state index in [4.69, 9.17) is 0 Å². The molecule has 3 aromatic rings. The molecule has 0 spiro atoms. The summed E-state index contributed by atoms with van der Waals surface area (Å²) in [4.78, 5) is 21.6. The number of nitrogens with one attached hydrogen (secondary N) is 1. The predicted molar refractivity (Wildman–Crippen MR) is 79.0 cm³/mol. The predicted octanol–water partition coefficient (Wildman–Crippen LogP) is 3.19. The molecule has 0 saturated heterocycles. The first kappa shape index (κ1) is 12.1. The number of rotatable bonds is 2. The molecule has 2 heterocycles. The molecule has 3 nitrogen and oxygen atoms in total. The van der Waals surface area contributed by atoms with Crippen LogP contribution in [0.5, 0.6) is 0 Å². The van der Waals surface area contributed by atoms with Crippen LogP contribution in [0.25, 0.3) is 10.2 Å². The van der Waals surface area contributed by atoms with Crippen LogP contribution in [0.3, 0.4) is 0 Å². The summed E-state index contributed by atoms with van der Waals surface area (Å²) >= 11 is 1.59. The van der Waals surface area contributed by atoms with Gasteiger partial charge in [-0.25, -0.2) is 4.98 Å². The quantitative estimate of drug-likeness (QED) is 0.777. The molecule has 0 saturated carbocycles. The molecule has 19 heavy (non-hydrogen) atoms. The van der Waals surface area contributed by atoms with Crippen LogP contribution < -0.4 is 5.56 Å². The molecule has 4 heteroatoms. The van der Waals surface area contributed by atoms with Gasteiger partial charge in [0.25, 0.3) is 5.56 Å². The van der Waals surface area contributed by atoms with E-state index in [0.29, 0.717) is 6.42 Å². The normalized spacial score (nSPS) is 11.1. The fourth-order valence-electron chi connectivity index (χ4n) is 2.17. The van der Waals surface area contributed by atoms with Gasteiger partial charge in [0.2, 0.25) is 0 Å². The van der Waals surface area contributed by atoms with Crippen molar-refractivity contribution < 1.29 is 0 Å². The highest BCUT2D eigenvalue weighted by Gasteiger charge is 2.11. The van der Waals surface area contributed by atoms with Gasteiger partial charge in [-0.1, -0.05) is 30.3 Å². The summed E-state index contributed by atoms with van der Waals surface area (Å²) in [6, 6.07) is 10.0. The Morgan fingerprint density at radius 1 is 1.21 bits per heavy atom. The summed E-state index contributed by atoms with van der Waals surface area (Å²) in [6.07, 6.45) is 0.655. The Balaban J connectivity index is 2.09. The van der Waals surface area contributed by atoms with Crippen LogP contribution >= 0.6 is 11.3 Å². The van der Waals surface area contributed by atoms with E-state index in [1.54, 1.807) is 11.3 Å². The second-order valence-corrected chi connectivity index (χ2v) is 5.84. The molecule has 96 valence electrons. The van der Waals surface area contributed by atoms with Gasteiger partial charge in [0, 0.05) is 11.3 Å². The van der Waals surface area contributed by atoms with Crippen LogP contribution in [0, 0.1) is 13.8 Å². The molecule has 1 aromatic carbocycles. The van der Waals surface area contributed by atoms with Crippen molar-refractivity contribution in [2.24, 2.45) is 0 Å². The molecule has 0 aliphatic carbocycles. The van der Waals surface area contributed by atoms with Gasteiger partial charge < -0.3 is 4.98 Å². The molecule has 1 N–H and O–H groups in total. The van der Waals surface area contributed by atoms with Crippen molar-refractivity contribution in [2.75, 3.05) is 0 Å². The Labute approximate surface area is 115 Å². The largest absolute Gasteiger partial charge is 0.310 e. The van der Waals surface area contributed by atoms with Crippen molar-refractivity contribution in [3.05, 3.63) is 62.5 Å². The lowest BCUT2D eigenvalue weighted by Gasteiger charge is -2.01. The van der Waals surface area contributed by atoms with Gasteiger partial charge in [0.1, 0.15) is 10.7 Å². The van der Waals surface area contributed by atoms with Crippen LogP contribution in [-0.4, -0.2) is 9.97 Å². The Bertz CT molecular complexity index is 787. The maximum Gasteiger partial charge on any atom is 0.259 e. The van der Waals surface area contributed by atoms with E-state index in [9.17, 15) is 4.79 Å². The number of H-pyrrole nitrogens is 1. The summed E-state index contributed by atoms with van der Waals surface area (Å²) < 4.78 is 0. The number of aryl methyl sites for hydroxylation is 2. The minimum Gasteiger partial charge on any atom is -0.310 e. The maximum absolute atomic E-state index is 12.1. The molecule has 0 radical (unpaired) electrons. The highest BCUT2D eigenvalue weighted by Crippen LogP contribution is 2.25. The van der Waals surface area contributed by atoms with E-state index in [-0.39, 0.29) is 5.56 Å². The van der Waals surface area contributed by atoms with E-state index in [1.165, 1.54) is 0 Å². The van der Waals surface area contributed by atoms with Crippen LogP contribution in [-0.2, 0) is 6.42 Å². The van der Waals surface area contributed by atoms with Crippen molar-refractivity contribution in [2.45, 2.75) is 20.3 Å². The second-order valence-electron chi connectivity index (χ2n) is 4.64. The molecule has 0 aliphatic heterocycles. The van der Waals surface area contributed by atoms with Crippen LogP contribution in [0.4, 0.5) is 0 Å². The molecule has 0 amide bonds. The summed E-state index contributed by atoms with van der Waals surface area (Å²) in [5.41, 5.74) is 2.16. The van der Waals surface area contributed by atoms with Gasteiger partial charge in [-0.05, 0) is 25.0 Å². The first-order valence-corrected chi connectivity index (χ1v) is 6.99. The minimum absolute atomic E-state index is 0.0298. The third kappa shape index (κ3) is 2.19. The fraction of sp³-hybridized carbons (Fsp3) is 0.200. The number of aromatic amines is 1. The molecule has 3 rings (SSSR count). The highest BCUT2D eigenvalue weighted by atomic mass is 32.1. The van der Waals surface area contributed by atoms with Crippen molar-refractivity contribution in [3.8, 4) is 0 Å². The second kappa shape index (κ2) is 4.63. The molecule has 0 fully saturated rings. The molecule has 0 bridgehead atoms. The first-order valence-electron chi connectivity index (χ1n) is 6.18. The first-order chi connectivity index (χ1) is 9.15. The van der Waals surface area contributed by atoms with E-state index < -0.39 is 0 Å². The third-order valence-electron chi connectivity index (χ3n) is 3.30. The molecule has 0 atom stereocenters. The number of nitrogens with zero attached hydrogens (tertiary/aromatic N) is 1. The van der Waals surface area contributed by atoms with Gasteiger partial charge in [0.15, 0.2) is 0 Å². The molecule has 0 aliphatic rings. The lowest BCUT2D eigenvalue weighted by atomic mass is 10.1. The van der Waals surface area contributed by atoms with Gasteiger partial charge in [-0.15, -0.1) is 11.3 Å². The van der Waals surface area contributed by atoms with Crippen molar-refractivity contribution in [3.63, 3.8) is 0 Å². The molecular weight excluding hydrogens is 256 g/mol.